The summed E-state index contributed by atoms with van der Waals surface area (Å²) in [5.74, 6) is 0.816. The van der Waals surface area contributed by atoms with E-state index in [1.54, 1.807) is 0 Å². The molecule has 0 aliphatic rings. The number of hydrogen-bond donors (Lipinski definition) is 0. The van der Waals surface area contributed by atoms with Gasteiger partial charge >= 0.3 is 0 Å². The predicted octanol–water partition coefficient (Wildman–Crippen LogP) is 1.59. The molecule has 8 heteroatoms. The van der Waals surface area contributed by atoms with Crippen molar-refractivity contribution >= 4 is 10.0 Å². The van der Waals surface area contributed by atoms with Gasteiger partial charge in [0.1, 0.15) is 5.75 Å². The normalized spacial score (nSPS) is 11.9. The molecule has 7 nitrogen and oxygen atoms in total. The molecule has 0 saturated carbocycles. The molecule has 142 valence electrons. The SMILES string of the molecule is CCOc1ccc(CN(C)Cn2cc(S(=O)(=O)N(C)C)ccc2=O)cc1. The van der Waals surface area contributed by atoms with Crippen LogP contribution in [0.2, 0.25) is 0 Å². The number of benzene rings is 1. The van der Waals surface area contributed by atoms with Crippen LogP contribution in [0.4, 0.5) is 0 Å². The highest BCUT2D eigenvalue weighted by Crippen LogP contribution is 2.14. The molecule has 0 atom stereocenters. The van der Waals surface area contributed by atoms with Crippen LogP contribution in [0, 0.1) is 0 Å². The molecule has 0 aliphatic carbocycles. The fourth-order valence-electron chi connectivity index (χ4n) is 2.46. The summed E-state index contributed by atoms with van der Waals surface area (Å²) < 4.78 is 32.4. The molecule has 0 amide bonds. The summed E-state index contributed by atoms with van der Waals surface area (Å²) >= 11 is 0. The Morgan fingerprint density at radius 3 is 2.27 bits per heavy atom. The average Bonchev–Trinajstić information content (AvgIpc) is 2.58. The lowest BCUT2D eigenvalue weighted by Crippen LogP contribution is -2.30. The van der Waals surface area contributed by atoms with Gasteiger partial charge in [-0.3, -0.25) is 9.69 Å². The quantitative estimate of drug-likeness (QED) is 0.696. The number of rotatable bonds is 8. The van der Waals surface area contributed by atoms with Gasteiger partial charge in [0.2, 0.25) is 10.0 Å². The van der Waals surface area contributed by atoms with Gasteiger partial charge in [0.25, 0.3) is 5.56 Å². The topological polar surface area (TPSA) is 71.8 Å². The molecule has 26 heavy (non-hydrogen) atoms. The average molecular weight is 379 g/mol. The summed E-state index contributed by atoms with van der Waals surface area (Å²) in [4.78, 5) is 14.1. The largest absolute Gasteiger partial charge is 0.494 e. The molecule has 0 saturated heterocycles. The maximum absolute atomic E-state index is 12.2. The lowest BCUT2D eigenvalue weighted by atomic mass is 10.2. The zero-order chi connectivity index (χ0) is 19.3. The number of ether oxygens (including phenoxy) is 1. The number of nitrogens with zero attached hydrogens (tertiary/aromatic N) is 3. The Morgan fingerprint density at radius 1 is 1.04 bits per heavy atom. The Labute approximate surface area is 154 Å². The highest BCUT2D eigenvalue weighted by molar-refractivity contribution is 7.89. The molecule has 1 aromatic heterocycles. The van der Waals surface area contributed by atoms with Gasteiger partial charge in [-0.1, -0.05) is 12.1 Å². The third-order valence-corrected chi connectivity index (χ3v) is 5.61. The van der Waals surface area contributed by atoms with Gasteiger partial charge in [0.05, 0.1) is 18.2 Å². The van der Waals surface area contributed by atoms with E-state index in [0.717, 1.165) is 15.6 Å². The van der Waals surface area contributed by atoms with Crippen LogP contribution in [0.1, 0.15) is 12.5 Å². The number of hydrogen-bond acceptors (Lipinski definition) is 5. The second-order valence-corrected chi connectivity index (χ2v) is 8.34. The van der Waals surface area contributed by atoms with Crippen molar-refractivity contribution in [3.05, 3.63) is 58.5 Å². The molecule has 1 aromatic carbocycles. The predicted molar refractivity (Wildman–Crippen MR) is 101 cm³/mol. The van der Waals surface area contributed by atoms with Crippen molar-refractivity contribution in [2.24, 2.45) is 0 Å². The molecule has 0 N–H and O–H groups in total. The first-order chi connectivity index (χ1) is 12.2. The van der Waals surface area contributed by atoms with Crippen molar-refractivity contribution in [1.29, 1.82) is 0 Å². The van der Waals surface area contributed by atoms with Crippen LogP contribution < -0.4 is 10.3 Å². The summed E-state index contributed by atoms with van der Waals surface area (Å²) in [7, 11) is 1.21. The smallest absolute Gasteiger partial charge is 0.251 e. The molecule has 0 unspecified atom stereocenters. The molecule has 0 radical (unpaired) electrons. The van der Waals surface area contributed by atoms with Crippen molar-refractivity contribution in [2.75, 3.05) is 27.7 Å². The zero-order valence-electron chi connectivity index (χ0n) is 15.5. The first kappa shape index (κ1) is 20.2. The van der Waals surface area contributed by atoms with Crippen molar-refractivity contribution in [3.63, 3.8) is 0 Å². The van der Waals surface area contributed by atoms with Gasteiger partial charge in [-0.15, -0.1) is 0 Å². The van der Waals surface area contributed by atoms with E-state index in [1.165, 1.54) is 37.0 Å². The minimum absolute atomic E-state index is 0.0940. The van der Waals surface area contributed by atoms with E-state index in [9.17, 15) is 13.2 Å². The standard InChI is InChI=1S/C18H25N3O4S/c1-5-25-16-8-6-15(7-9-16)12-20(4)14-21-13-17(10-11-18(21)22)26(23,24)19(2)3/h6-11,13H,5,12,14H2,1-4H3. The summed E-state index contributed by atoms with van der Waals surface area (Å²) in [5.41, 5.74) is 0.822. The first-order valence-corrected chi connectivity index (χ1v) is 9.71. The van der Waals surface area contributed by atoms with E-state index >= 15 is 0 Å². The highest BCUT2D eigenvalue weighted by Gasteiger charge is 2.18. The van der Waals surface area contributed by atoms with E-state index in [0.29, 0.717) is 13.2 Å². The molecule has 2 aromatic rings. The van der Waals surface area contributed by atoms with Crippen molar-refractivity contribution in [3.8, 4) is 5.75 Å². The summed E-state index contributed by atoms with van der Waals surface area (Å²) in [6.45, 7) is 3.45. The fraction of sp³-hybridized carbons (Fsp3) is 0.389. The summed E-state index contributed by atoms with van der Waals surface area (Å²) in [6.07, 6.45) is 1.38. The Morgan fingerprint density at radius 2 is 1.69 bits per heavy atom. The Hall–Kier alpha value is -2.16. The Bertz CT molecular complexity index is 889. The summed E-state index contributed by atoms with van der Waals surface area (Å²) in [5, 5.41) is 0. The van der Waals surface area contributed by atoms with Crippen molar-refractivity contribution in [2.45, 2.75) is 25.0 Å². The zero-order valence-corrected chi connectivity index (χ0v) is 16.4. The van der Waals surface area contributed by atoms with E-state index in [2.05, 4.69) is 0 Å². The maximum atomic E-state index is 12.2. The Kier molecular flexibility index (Phi) is 6.57. The minimum Gasteiger partial charge on any atom is -0.494 e. The monoisotopic (exact) mass is 379 g/mol. The molecule has 2 rings (SSSR count). The molecular formula is C18H25N3O4S. The molecule has 0 fully saturated rings. The van der Waals surface area contributed by atoms with E-state index in [1.807, 2.05) is 43.1 Å². The highest BCUT2D eigenvalue weighted by atomic mass is 32.2. The number of pyridine rings is 1. The van der Waals surface area contributed by atoms with Gasteiger partial charge in [0, 0.05) is 32.9 Å². The van der Waals surface area contributed by atoms with E-state index in [-0.39, 0.29) is 17.1 Å². The van der Waals surface area contributed by atoms with Crippen LogP contribution in [0.15, 0.2) is 52.3 Å². The number of aromatic nitrogens is 1. The van der Waals surface area contributed by atoms with Crippen LogP contribution in [-0.2, 0) is 23.2 Å². The molecule has 0 spiro atoms. The summed E-state index contributed by atoms with van der Waals surface area (Å²) in [6, 6.07) is 10.4. The van der Waals surface area contributed by atoms with Crippen LogP contribution >= 0.6 is 0 Å². The van der Waals surface area contributed by atoms with Gasteiger partial charge in [0.15, 0.2) is 0 Å². The molecule has 1 heterocycles. The third kappa shape index (κ3) is 4.94. The Balaban J connectivity index is 2.13. The van der Waals surface area contributed by atoms with Crippen LogP contribution in [0.25, 0.3) is 0 Å². The van der Waals surface area contributed by atoms with Crippen LogP contribution in [0.3, 0.4) is 0 Å². The molecular weight excluding hydrogens is 354 g/mol. The molecule has 0 bridgehead atoms. The number of sulfonamides is 1. The third-order valence-electron chi connectivity index (χ3n) is 3.82. The second-order valence-electron chi connectivity index (χ2n) is 6.19. The lowest BCUT2D eigenvalue weighted by molar-refractivity contribution is 0.255. The van der Waals surface area contributed by atoms with Crippen molar-refractivity contribution in [1.82, 2.24) is 13.8 Å². The van der Waals surface area contributed by atoms with Gasteiger partial charge < -0.3 is 9.30 Å². The second kappa shape index (κ2) is 8.48. The van der Waals surface area contributed by atoms with Gasteiger partial charge in [-0.25, -0.2) is 12.7 Å². The molecule has 0 aliphatic heterocycles. The lowest BCUT2D eigenvalue weighted by Gasteiger charge is -2.19. The van der Waals surface area contributed by atoms with Gasteiger partial charge in [-0.05, 0) is 37.7 Å². The fourth-order valence-corrected chi connectivity index (χ4v) is 3.38. The van der Waals surface area contributed by atoms with Gasteiger partial charge in [-0.2, -0.15) is 0 Å². The van der Waals surface area contributed by atoms with Crippen LogP contribution in [-0.4, -0.2) is 49.9 Å². The van der Waals surface area contributed by atoms with Crippen LogP contribution in [0.5, 0.6) is 5.75 Å². The maximum Gasteiger partial charge on any atom is 0.251 e. The van der Waals surface area contributed by atoms with E-state index < -0.39 is 10.0 Å². The first-order valence-electron chi connectivity index (χ1n) is 8.27. The minimum atomic E-state index is -3.58. The van der Waals surface area contributed by atoms with E-state index in [4.69, 9.17) is 4.74 Å². The van der Waals surface area contributed by atoms with Crippen molar-refractivity contribution < 1.29 is 13.2 Å².